The first kappa shape index (κ1) is 7.44. The van der Waals surface area contributed by atoms with Crippen LogP contribution in [0.4, 0.5) is 0 Å². The van der Waals surface area contributed by atoms with E-state index in [-0.39, 0.29) is 0 Å². The highest BCUT2D eigenvalue weighted by molar-refractivity contribution is 7.07. The summed E-state index contributed by atoms with van der Waals surface area (Å²) in [6.07, 6.45) is 0.152. The van der Waals surface area contributed by atoms with Crippen molar-refractivity contribution in [3.05, 3.63) is 22.4 Å². The van der Waals surface area contributed by atoms with E-state index in [4.69, 9.17) is 5.11 Å². The first-order valence-electron chi connectivity index (χ1n) is 2.97. The van der Waals surface area contributed by atoms with Gasteiger partial charge in [-0.3, -0.25) is 0 Å². The summed E-state index contributed by atoms with van der Waals surface area (Å²) in [5, 5.41) is 12.7. The maximum atomic E-state index is 9.98. The van der Waals surface area contributed by atoms with Crippen LogP contribution in [0.25, 0.3) is 0 Å². The van der Waals surface area contributed by atoms with E-state index < -0.39 is 6.10 Å². The Morgan fingerprint density at radius 3 is 3.10 bits per heavy atom. The zero-order valence-electron chi connectivity index (χ0n) is 5.36. The van der Waals surface area contributed by atoms with Gasteiger partial charge in [-0.15, -0.1) is 0 Å². The molecule has 0 aliphatic carbocycles. The van der Waals surface area contributed by atoms with Crippen LogP contribution in [0.5, 0.6) is 0 Å². The van der Waals surface area contributed by atoms with Crippen LogP contribution in [0.3, 0.4) is 0 Å². The van der Waals surface area contributed by atoms with Gasteiger partial charge < -0.3 is 9.90 Å². The Bertz CT molecular complexity index is 193. The molecule has 1 N–H and O–H groups in total. The number of hydrogen-bond acceptors (Lipinski definition) is 3. The summed E-state index contributed by atoms with van der Waals surface area (Å²) in [6.45, 7) is 0. The maximum Gasteiger partial charge on any atom is 0.148 e. The van der Waals surface area contributed by atoms with Gasteiger partial charge in [0.15, 0.2) is 0 Å². The van der Waals surface area contributed by atoms with Gasteiger partial charge in [-0.25, -0.2) is 0 Å². The highest BCUT2D eigenvalue weighted by Gasteiger charge is 2.02. The molecule has 1 aromatic heterocycles. The first-order chi connectivity index (χ1) is 4.83. The SMILES string of the molecule is O=CC(O)Cc1ccsc1. The molecule has 2 nitrogen and oxygen atoms in total. The molecule has 1 aromatic rings. The molecule has 1 rings (SSSR count). The van der Waals surface area contributed by atoms with Crippen molar-refractivity contribution in [2.45, 2.75) is 12.5 Å². The molecule has 0 saturated heterocycles. The fraction of sp³-hybridized carbons (Fsp3) is 0.286. The zero-order valence-corrected chi connectivity index (χ0v) is 6.17. The predicted octanol–water partition coefficient (Wildman–Crippen LogP) is 0.850. The topological polar surface area (TPSA) is 37.3 Å². The van der Waals surface area contributed by atoms with Crippen molar-refractivity contribution in [2.24, 2.45) is 0 Å². The van der Waals surface area contributed by atoms with Crippen molar-refractivity contribution in [2.75, 3.05) is 0 Å². The second-order valence-corrected chi connectivity index (χ2v) is 2.82. The second-order valence-electron chi connectivity index (χ2n) is 2.04. The minimum atomic E-state index is -0.838. The average Bonchev–Trinajstić information content (AvgIpc) is 2.40. The average molecular weight is 156 g/mol. The van der Waals surface area contributed by atoms with E-state index in [1.54, 1.807) is 11.3 Å². The number of rotatable bonds is 3. The van der Waals surface area contributed by atoms with Crippen LogP contribution in [0.2, 0.25) is 0 Å². The number of thiophene rings is 1. The summed E-state index contributed by atoms with van der Waals surface area (Å²) in [5.41, 5.74) is 1.02. The normalized spacial score (nSPS) is 12.9. The molecule has 0 aromatic carbocycles. The lowest BCUT2D eigenvalue weighted by molar-refractivity contribution is -0.114. The summed E-state index contributed by atoms with van der Waals surface area (Å²) in [6, 6.07) is 1.90. The highest BCUT2D eigenvalue weighted by atomic mass is 32.1. The molecule has 3 heteroatoms. The lowest BCUT2D eigenvalue weighted by Crippen LogP contribution is -2.10. The molecule has 0 fully saturated rings. The molecule has 0 aliphatic rings. The number of aliphatic hydroxyl groups is 1. The van der Waals surface area contributed by atoms with Crippen LogP contribution in [0.1, 0.15) is 5.56 Å². The Labute approximate surface area is 63.1 Å². The molecule has 0 bridgehead atoms. The van der Waals surface area contributed by atoms with E-state index in [9.17, 15) is 4.79 Å². The lowest BCUT2D eigenvalue weighted by atomic mass is 10.2. The van der Waals surface area contributed by atoms with E-state index in [1.165, 1.54) is 0 Å². The van der Waals surface area contributed by atoms with Crippen molar-refractivity contribution in [1.29, 1.82) is 0 Å². The number of carbonyl (C=O) groups is 1. The van der Waals surface area contributed by atoms with Gasteiger partial charge in [0, 0.05) is 6.42 Å². The Hall–Kier alpha value is -0.670. The van der Waals surface area contributed by atoms with Gasteiger partial charge in [-0.2, -0.15) is 11.3 Å². The molecular formula is C7H8O2S. The third kappa shape index (κ3) is 1.93. The molecule has 0 aliphatic heterocycles. The fourth-order valence-electron chi connectivity index (χ4n) is 0.698. The van der Waals surface area contributed by atoms with Gasteiger partial charge >= 0.3 is 0 Å². The molecule has 0 saturated carbocycles. The van der Waals surface area contributed by atoms with E-state index in [1.807, 2.05) is 16.8 Å². The van der Waals surface area contributed by atoms with E-state index in [0.29, 0.717) is 12.7 Å². The van der Waals surface area contributed by atoms with Crippen molar-refractivity contribution >= 4 is 17.6 Å². The van der Waals surface area contributed by atoms with Gasteiger partial charge in [-0.1, -0.05) is 0 Å². The minimum absolute atomic E-state index is 0.438. The van der Waals surface area contributed by atoms with Crippen molar-refractivity contribution in [3.8, 4) is 0 Å². The molecule has 1 unspecified atom stereocenters. The van der Waals surface area contributed by atoms with Crippen LogP contribution in [-0.4, -0.2) is 17.5 Å². The third-order valence-corrected chi connectivity index (χ3v) is 1.91. The molecule has 10 heavy (non-hydrogen) atoms. The Kier molecular flexibility index (Phi) is 2.59. The van der Waals surface area contributed by atoms with Gasteiger partial charge in [0.1, 0.15) is 12.4 Å². The largest absolute Gasteiger partial charge is 0.385 e. The molecule has 0 radical (unpaired) electrons. The molecule has 54 valence electrons. The molecular weight excluding hydrogens is 148 g/mol. The number of carbonyl (C=O) groups excluding carboxylic acids is 1. The van der Waals surface area contributed by atoms with E-state index in [2.05, 4.69) is 0 Å². The summed E-state index contributed by atoms with van der Waals surface area (Å²) in [4.78, 5) is 9.98. The van der Waals surface area contributed by atoms with E-state index in [0.717, 1.165) is 5.56 Å². The van der Waals surface area contributed by atoms with Gasteiger partial charge in [-0.05, 0) is 22.4 Å². The molecule has 1 heterocycles. The Morgan fingerprint density at radius 2 is 2.60 bits per heavy atom. The summed E-state index contributed by atoms with van der Waals surface area (Å²) >= 11 is 1.57. The first-order valence-corrected chi connectivity index (χ1v) is 3.91. The van der Waals surface area contributed by atoms with Crippen LogP contribution >= 0.6 is 11.3 Å². The van der Waals surface area contributed by atoms with Gasteiger partial charge in [0.25, 0.3) is 0 Å². The smallest absolute Gasteiger partial charge is 0.148 e. The van der Waals surface area contributed by atoms with Crippen molar-refractivity contribution in [3.63, 3.8) is 0 Å². The second kappa shape index (κ2) is 3.49. The molecule has 1 atom stereocenters. The number of aliphatic hydroxyl groups excluding tert-OH is 1. The van der Waals surface area contributed by atoms with Crippen LogP contribution < -0.4 is 0 Å². The van der Waals surface area contributed by atoms with Gasteiger partial charge in [0.2, 0.25) is 0 Å². The van der Waals surface area contributed by atoms with Gasteiger partial charge in [0.05, 0.1) is 0 Å². The highest BCUT2D eigenvalue weighted by Crippen LogP contribution is 2.07. The molecule has 0 spiro atoms. The van der Waals surface area contributed by atoms with E-state index >= 15 is 0 Å². The Morgan fingerprint density at radius 1 is 1.80 bits per heavy atom. The summed E-state index contributed by atoms with van der Waals surface area (Å²) in [5.74, 6) is 0. The molecule has 0 amide bonds. The predicted molar refractivity (Wildman–Crippen MR) is 40.1 cm³/mol. The standard InChI is InChI=1S/C7H8O2S/c8-4-7(9)3-6-1-2-10-5-6/h1-2,4-5,7,9H,3H2. The van der Waals surface area contributed by atoms with Crippen LogP contribution in [0.15, 0.2) is 16.8 Å². The Balaban J connectivity index is 2.47. The fourth-order valence-corrected chi connectivity index (χ4v) is 1.38. The zero-order chi connectivity index (χ0) is 7.40. The summed E-state index contributed by atoms with van der Waals surface area (Å²) < 4.78 is 0. The quantitative estimate of drug-likeness (QED) is 0.659. The lowest BCUT2D eigenvalue weighted by Gasteiger charge is -1.97. The maximum absolute atomic E-state index is 9.98. The van der Waals surface area contributed by atoms with Crippen molar-refractivity contribution in [1.82, 2.24) is 0 Å². The monoisotopic (exact) mass is 156 g/mol. The minimum Gasteiger partial charge on any atom is -0.385 e. The van der Waals surface area contributed by atoms with Crippen LogP contribution in [0, 0.1) is 0 Å². The van der Waals surface area contributed by atoms with Crippen molar-refractivity contribution < 1.29 is 9.90 Å². The number of hydrogen-bond donors (Lipinski definition) is 1. The summed E-state index contributed by atoms with van der Waals surface area (Å²) in [7, 11) is 0. The number of aldehydes is 1. The van der Waals surface area contributed by atoms with Crippen LogP contribution in [-0.2, 0) is 11.2 Å². The third-order valence-electron chi connectivity index (χ3n) is 1.18.